The molecule has 10 heteroatoms. The summed E-state index contributed by atoms with van der Waals surface area (Å²) < 4.78 is 31.7. The normalized spacial score (nSPS) is 15.3. The molecule has 3 aromatic carbocycles. The summed E-state index contributed by atoms with van der Waals surface area (Å²) in [5.74, 6) is -0.266. The number of hydrogen-bond donors (Lipinski definition) is 0. The van der Waals surface area contributed by atoms with E-state index >= 15 is 0 Å². The first-order valence-corrected chi connectivity index (χ1v) is 13.7. The van der Waals surface area contributed by atoms with Gasteiger partial charge in [-0.25, -0.2) is 0 Å². The van der Waals surface area contributed by atoms with Crippen LogP contribution < -0.4 is 4.18 Å². The minimum atomic E-state index is -4.00. The highest BCUT2D eigenvalue weighted by atomic mass is 79.9. The van der Waals surface area contributed by atoms with Crippen LogP contribution in [0.5, 0.6) is 5.75 Å². The summed E-state index contributed by atoms with van der Waals surface area (Å²) in [5.41, 5.74) is 2.39. The second-order valence-electron chi connectivity index (χ2n) is 7.43. The first-order valence-electron chi connectivity index (χ1n) is 9.93. The topological polar surface area (TPSA) is 80.8 Å². The molecule has 1 aliphatic rings. The highest BCUT2D eigenvalue weighted by Crippen LogP contribution is 2.35. The zero-order valence-electron chi connectivity index (χ0n) is 17.7. The number of nitrogens with zero attached hydrogens (tertiary/aromatic N) is 1. The summed E-state index contributed by atoms with van der Waals surface area (Å²) in [6.07, 6.45) is 1.59. The second-order valence-corrected chi connectivity index (χ2v) is 11.7. The smallest absolute Gasteiger partial charge is 0.339 e. The van der Waals surface area contributed by atoms with Gasteiger partial charge in [-0.2, -0.15) is 8.42 Å². The van der Waals surface area contributed by atoms with Crippen LogP contribution in [0, 0.1) is 6.92 Å². The molecule has 0 aliphatic carbocycles. The zero-order chi connectivity index (χ0) is 24.5. The number of thioether (sulfide) groups is 1. The lowest BCUT2D eigenvalue weighted by atomic mass is 10.2. The average Bonchev–Trinajstić information content (AvgIpc) is 3.04. The van der Waals surface area contributed by atoms with Crippen molar-refractivity contribution >= 4 is 71.0 Å². The molecule has 0 N–H and O–H groups in total. The molecule has 174 valence electrons. The van der Waals surface area contributed by atoms with Gasteiger partial charge in [0.25, 0.3) is 11.1 Å². The number of aryl methyl sites for hydroxylation is 1. The van der Waals surface area contributed by atoms with Crippen molar-refractivity contribution in [1.82, 2.24) is 4.90 Å². The van der Waals surface area contributed by atoms with Gasteiger partial charge in [0, 0.05) is 4.47 Å². The van der Waals surface area contributed by atoms with E-state index in [0.717, 1.165) is 27.4 Å². The Morgan fingerprint density at radius 2 is 1.65 bits per heavy atom. The number of hydrogen-bond acceptors (Lipinski definition) is 6. The molecular formula is C24H17Br2NO5S2. The Balaban J connectivity index is 1.51. The van der Waals surface area contributed by atoms with E-state index in [0.29, 0.717) is 10.0 Å². The third-order valence-electron chi connectivity index (χ3n) is 4.89. The van der Waals surface area contributed by atoms with Crippen LogP contribution in [-0.2, 0) is 21.5 Å². The number of carbonyl (C=O) groups excluding carboxylic acids is 2. The van der Waals surface area contributed by atoms with Crippen LogP contribution in [0.15, 0.2) is 85.5 Å². The summed E-state index contributed by atoms with van der Waals surface area (Å²) in [4.78, 5) is 26.7. The monoisotopic (exact) mass is 621 g/mol. The van der Waals surface area contributed by atoms with Crippen LogP contribution in [0.4, 0.5) is 4.79 Å². The predicted molar refractivity (Wildman–Crippen MR) is 139 cm³/mol. The van der Waals surface area contributed by atoms with Gasteiger partial charge in [0.2, 0.25) is 0 Å². The van der Waals surface area contributed by atoms with Crippen molar-refractivity contribution in [2.24, 2.45) is 0 Å². The minimum Gasteiger partial charge on any atom is -0.378 e. The number of benzene rings is 3. The lowest BCUT2D eigenvalue weighted by Crippen LogP contribution is -2.27. The van der Waals surface area contributed by atoms with E-state index in [-0.39, 0.29) is 33.2 Å². The molecule has 0 unspecified atom stereocenters. The Bertz CT molecular complexity index is 1400. The molecular weight excluding hydrogens is 606 g/mol. The lowest BCUT2D eigenvalue weighted by Gasteiger charge is -2.12. The molecule has 1 heterocycles. The van der Waals surface area contributed by atoms with E-state index in [1.165, 1.54) is 23.1 Å². The fourth-order valence-electron chi connectivity index (χ4n) is 3.11. The third-order valence-corrected chi connectivity index (χ3v) is 8.19. The highest BCUT2D eigenvalue weighted by Gasteiger charge is 2.35. The number of halogens is 2. The molecule has 0 aromatic heterocycles. The number of rotatable bonds is 6. The van der Waals surface area contributed by atoms with E-state index < -0.39 is 10.1 Å². The first kappa shape index (κ1) is 24.7. The van der Waals surface area contributed by atoms with Gasteiger partial charge in [-0.1, -0.05) is 51.8 Å². The van der Waals surface area contributed by atoms with Gasteiger partial charge in [0.1, 0.15) is 4.90 Å². The van der Waals surface area contributed by atoms with Gasteiger partial charge in [-0.3, -0.25) is 14.5 Å². The van der Waals surface area contributed by atoms with Crippen molar-refractivity contribution in [3.63, 3.8) is 0 Å². The molecule has 4 rings (SSSR count). The zero-order valence-corrected chi connectivity index (χ0v) is 22.5. The third kappa shape index (κ3) is 5.63. The van der Waals surface area contributed by atoms with Crippen molar-refractivity contribution in [3.8, 4) is 5.75 Å². The summed E-state index contributed by atoms with van der Waals surface area (Å²) in [6, 6.07) is 18.5. The molecule has 6 nitrogen and oxygen atoms in total. The number of carbonyl (C=O) groups is 2. The largest absolute Gasteiger partial charge is 0.378 e. The molecule has 0 saturated carbocycles. The highest BCUT2D eigenvalue weighted by molar-refractivity contribution is 9.10. The van der Waals surface area contributed by atoms with Crippen molar-refractivity contribution in [2.75, 3.05) is 0 Å². The fraction of sp³-hybridized carbons (Fsp3) is 0.0833. The SMILES string of the molecule is Cc1ccc(S(=O)(=O)Oc2ccc(/C=C3\SC(=O)N(Cc4ccc(Br)cc4)C3=O)cc2Br)cc1. The van der Waals surface area contributed by atoms with E-state index in [1.807, 2.05) is 31.2 Å². The van der Waals surface area contributed by atoms with Crippen LogP contribution in [-0.4, -0.2) is 24.5 Å². The molecule has 0 spiro atoms. The molecule has 0 radical (unpaired) electrons. The molecule has 0 atom stereocenters. The maximum absolute atomic E-state index is 12.8. The van der Waals surface area contributed by atoms with Crippen molar-refractivity contribution in [1.29, 1.82) is 0 Å². The van der Waals surface area contributed by atoms with E-state index in [2.05, 4.69) is 31.9 Å². The second kappa shape index (κ2) is 10.1. The molecule has 1 aliphatic heterocycles. The predicted octanol–water partition coefficient (Wildman–Crippen LogP) is 6.52. The van der Waals surface area contributed by atoms with Gasteiger partial charge in [-0.15, -0.1) is 0 Å². The minimum absolute atomic E-state index is 0.0496. The Morgan fingerprint density at radius 1 is 0.971 bits per heavy atom. The van der Waals surface area contributed by atoms with Gasteiger partial charge in [-0.05, 0) is 88.2 Å². The van der Waals surface area contributed by atoms with Crippen LogP contribution in [0.1, 0.15) is 16.7 Å². The summed E-state index contributed by atoms with van der Waals surface area (Å²) in [6.45, 7) is 2.05. The standard InChI is InChI=1S/C24H17Br2NO5S2/c1-15-2-9-19(10-3-15)34(30,31)32-21-11-6-17(12-20(21)26)13-22-23(28)27(24(29)33-22)14-16-4-7-18(25)8-5-16/h2-13H,14H2,1H3/b22-13-. The molecule has 34 heavy (non-hydrogen) atoms. The van der Waals surface area contributed by atoms with Crippen molar-refractivity contribution < 1.29 is 22.2 Å². The number of imide groups is 1. The Labute approximate surface area is 218 Å². The molecule has 1 fully saturated rings. The Morgan fingerprint density at radius 3 is 2.29 bits per heavy atom. The van der Waals surface area contributed by atoms with Crippen LogP contribution in [0.3, 0.4) is 0 Å². The van der Waals surface area contributed by atoms with Gasteiger partial charge in [0.05, 0.1) is 15.9 Å². The number of amides is 2. The molecule has 1 saturated heterocycles. The maximum Gasteiger partial charge on any atom is 0.339 e. The van der Waals surface area contributed by atoms with E-state index in [1.54, 1.807) is 30.3 Å². The summed E-state index contributed by atoms with van der Waals surface area (Å²) >= 11 is 7.56. The lowest BCUT2D eigenvalue weighted by molar-refractivity contribution is -0.123. The van der Waals surface area contributed by atoms with Gasteiger partial charge >= 0.3 is 10.1 Å². The van der Waals surface area contributed by atoms with Crippen LogP contribution in [0.25, 0.3) is 6.08 Å². The molecule has 2 amide bonds. The maximum atomic E-state index is 12.8. The molecule has 3 aromatic rings. The summed E-state index contributed by atoms with van der Waals surface area (Å²) in [5, 5.41) is -0.345. The van der Waals surface area contributed by atoms with Crippen molar-refractivity contribution in [3.05, 3.63) is 97.3 Å². The Hall–Kier alpha value is -2.40. The van der Waals surface area contributed by atoms with E-state index in [4.69, 9.17) is 4.18 Å². The van der Waals surface area contributed by atoms with E-state index in [9.17, 15) is 18.0 Å². The van der Waals surface area contributed by atoms with Crippen LogP contribution in [0.2, 0.25) is 0 Å². The quantitative estimate of drug-likeness (QED) is 0.230. The molecule has 0 bridgehead atoms. The Kier molecular flexibility index (Phi) is 7.32. The van der Waals surface area contributed by atoms with Gasteiger partial charge < -0.3 is 4.18 Å². The fourth-order valence-corrected chi connectivity index (χ4v) is 5.74. The average molecular weight is 623 g/mol. The van der Waals surface area contributed by atoms with Crippen LogP contribution >= 0.6 is 43.6 Å². The van der Waals surface area contributed by atoms with Crippen molar-refractivity contribution in [2.45, 2.75) is 18.4 Å². The van der Waals surface area contributed by atoms with Gasteiger partial charge in [0.15, 0.2) is 5.75 Å². The summed E-state index contributed by atoms with van der Waals surface area (Å²) in [7, 11) is -4.00. The first-order chi connectivity index (χ1) is 16.1.